The van der Waals surface area contributed by atoms with Crippen LogP contribution in [0.4, 0.5) is 4.39 Å². The van der Waals surface area contributed by atoms with E-state index in [0.29, 0.717) is 6.54 Å². The fraction of sp³-hybridized carbons (Fsp3) is 0.500. The highest BCUT2D eigenvalue weighted by Gasteiger charge is 2.25. The number of halogens is 1. The van der Waals surface area contributed by atoms with E-state index in [4.69, 9.17) is 0 Å². The molecule has 104 valence electrons. The van der Waals surface area contributed by atoms with E-state index >= 15 is 0 Å². The molecule has 0 unspecified atom stereocenters. The molecule has 1 aromatic carbocycles. The summed E-state index contributed by atoms with van der Waals surface area (Å²) in [5.41, 5.74) is 0.999. The van der Waals surface area contributed by atoms with Gasteiger partial charge in [-0.3, -0.25) is 4.79 Å². The van der Waals surface area contributed by atoms with Crippen LogP contribution in [0.25, 0.3) is 0 Å². The van der Waals surface area contributed by atoms with Gasteiger partial charge in [0.25, 0.3) is 0 Å². The quantitative estimate of drug-likeness (QED) is 0.826. The van der Waals surface area contributed by atoms with Crippen molar-refractivity contribution in [3.63, 3.8) is 0 Å². The van der Waals surface area contributed by atoms with Crippen LogP contribution in [0.15, 0.2) is 24.3 Å². The van der Waals surface area contributed by atoms with Gasteiger partial charge in [-0.2, -0.15) is 0 Å². The average Bonchev–Trinajstić information content (AvgIpc) is 2.29. The number of amides is 1. The summed E-state index contributed by atoms with van der Waals surface area (Å²) >= 11 is 0. The third kappa shape index (κ3) is 3.52. The standard InChI is InChI=1S/C14H20FN3O/c1-18(2)13(10-3-5-12(15)6-4-10)9-17-14(19)11-7-16-8-11/h3-6,11,13,16H,7-9H2,1-2H3,(H,17,19)/t13-/m1/s1. The topological polar surface area (TPSA) is 44.4 Å². The average molecular weight is 265 g/mol. The Morgan fingerprint density at radius 1 is 1.42 bits per heavy atom. The van der Waals surface area contributed by atoms with Crippen LogP contribution in [0.2, 0.25) is 0 Å². The Morgan fingerprint density at radius 3 is 2.53 bits per heavy atom. The van der Waals surface area contributed by atoms with Crippen molar-refractivity contribution in [1.82, 2.24) is 15.5 Å². The summed E-state index contributed by atoms with van der Waals surface area (Å²) in [4.78, 5) is 13.8. The molecule has 2 N–H and O–H groups in total. The molecule has 2 rings (SSSR count). The van der Waals surface area contributed by atoms with Gasteiger partial charge in [0, 0.05) is 19.6 Å². The van der Waals surface area contributed by atoms with Gasteiger partial charge in [-0.25, -0.2) is 4.39 Å². The van der Waals surface area contributed by atoms with E-state index in [1.807, 2.05) is 19.0 Å². The van der Waals surface area contributed by atoms with Crippen molar-refractivity contribution in [3.8, 4) is 0 Å². The Hall–Kier alpha value is -1.46. The summed E-state index contributed by atoms with van der Waals surface area (Å²) in [7, 11) is 3.90. The summed E-state index contributed by atoms with van der Waals surface area (Å²) < 4.78 is 12.9. The Morgan fingerprint density at radius 2 is 2.05 bits per heavy atom. The van der Waals surface area contributed by atoms with E-state index in [1.54, 1.807) is 12.1 Å². The third-order valence-electron chi connectivity index (χ3n) is 3.50. The first kappa shape index (κ1) is 14.0. The first-order valence-corrected chi connectivity index (χ1v) is 6.48. The van der Waals surface area contributed by atoms with Crippen LogP contribution in [0.1, 0.15) is 11.6 Å². The summed E-state index contributed by atoms with van der Waals surface area (Å²) in [6.07, 6.45) is 0. The second kappa shape index (κ2) is 6.12. The minimum atomic E-state index is -0.245. The van der Waals surface area contributed by atoms with Gasteiger partial charge in [-0.1, -0.05) is 12.1 Å². The first-order valence-electron chi connectivity index (χ1n) is 6.48. The van der Waals surface area contributed by atoms with Crippen LogP contribution < -0.4 is 10.6 Å². The van der Waals surface area contributed by atoms with E-state index in [1.165, 1.54) is 12.1 Å². The molecular formula is C14H20FN3O. The van der Waals surface area contributed by atoms with Gasteiger partial charge in [0.05, 0.1) is 12.0 Å². The molecule has 4 nitrogen and oxygen atoms in total. The molecule has 19 heavy (non-hydrogen) atoms. The van der Waals surface area contributed by atoms with E-state index in [0.717, 1.165) is 18.7 Å². The van der Waals surface area contributed by atoms with Crippen LogP contribution in [0.5, 0.6) is 0 Å². The number of rotatable bonds is 5. The van der Waals surface area contributed by atoms with Crippen molar-refractivity contribution in [2.75, 3.05) is 33.7 Å². The van der Waals surface area contributed by atoms with Crippen LogP contribution in [-0.2, 0) is 4.79 Å². The largest absolute Gasteiger partial charge is 0.354 e. The van der Waals surface area contributed by atoms with Crippen LogP contribution in [0, 0.1) is 11.7 Å². The number of nitrogens with zero attached hydrogens (tertiary/aromatic N) is 1. The maximum absolute atomic E-state index is 12.9. The molecule has 0 aliphatic carbocycles. The molecule has 0 bridgehead atoms. The summed E-state index contributed by atoms with van der Waals surface area (Å²) in [5, 5.41) is 6.04. The van der Waals surface area contributed by atoms with Crippen molar-refractivity contribution in [2.24, 2.45) is 5.92 Å². The molecule has 1 atom stereocenters. The van der Waals surface area contributed by atoms with Gasteiger partial charge in [-0.15, -0.1) is 0 Å². The molecule has 0 saturated carbocycles. The number of hydrogen-bond acceptors (Lipinski definition) is 3. The van der Waals surface area contributed by atoms with Crippen molar-refractivity contribution in [1.29, 1.82) is 0 Å². The lowest BCUT2D eigenvalue weighted by atomic mass is 10.0. The zero-order chi connectivity index (χ0) is 13.8. The maximum atomic E-state index is 12.9. The minimum Gasteiger partial charge on any atom is -0.354 e. The summed E-state index contributed by atoms with van der Waals surface area (Å²) in [6.45, 7) is 2.05. The third-order valence-corrected chi connectivity index (χ3v) is 3.50. The summed E-state index contributed by atoms with van der Waals surface area (Å²) in [6, 6.07) is 6.47. The van der Waals surface area contributed by atoms with Gasteiger partial charge in [0.2, 0.25) is 5.91 Å². The Labute approximate surface area is 113 Å². The molecule has 1 aliphatic rings. The summed E-state index contributed by atoms with van der Waals surface area (Å²) in [5.74, 6) is -0.0606. The molecule has 1 aliphatic heterocycles. The maximum Gasteiger partial charge on any atom is 0.225 e. The van der Waals surface area contributed by atoms with Gasteiger partial charge in [-0.05, 0) is 31.8 Å². The molecule has 1 fully saturated rings. The second-order valence-corrected chi connectivity index (χ2v) is 5.13. The molecule has 0 radical (unpaired) electrons. The van der Waals surface area contributed by atoms with Crippen molar-refractivity contribution in [3.05, 3.63) is 35.6 Å². The lowest BCUT2D eigenvalue weighted by Gasteiger charge is -2.29. The van der Waals surface area contributed by atoms with Crippen LogP contribution >= 0.6 is 0 Å². The molecule has 1 saturated heterocycles. The second-order valence-electron chi connectivity index (χ2n) is 5.13. The Balaban J connectivity index is 1.95. The first-order chi connectivity index (χ1) is 9.08. The zero-order valence-electron chi connectivity index (χ0n) is 11.3. The van der Waals surface area contributed by atoms with Gasteiger partial charge in [0.15, 0.2) is 0 Å². The molecule has 1 amide bonds. The van der Waals surface area contributed by atoms with Gasteiger partial charge < -0.3 is 15.5 Å². The predicted molar refractivity (Wildman–Crippen MR) is 72.2 cm³/mol. The minimum absolute atomic E-state index is 0.0533. The zero-order valence-corrected chi connectivity index (χ0v) is 11.3. The van der Waals surface area contributed by atoms with E-state index < -0.39 is 0 Å². The van der Waals surface area contributed by atoms with E-state index in [2.05, 4.69) is 10.6 Å². The molecule has 1 heterocycles. The van der Waals surface area contributed by atoms with E-state index in [9.17, 15) is 9.18 Å². The van der Waals surface area contributed by atoms with Crippen LogP contribution in [-0.4, -0.2) is 44.5 Å². The highest BCUT2D eigenvalue weighted by Crippen LogP contribution is 2.18. The lowest BCUT2D eigenvalue weighted by Crippen LogP contribution is -2.51. The molecule has 5 heteroatoms. The Bertz CT molecular complexity index is 429. The number of nitrogens with one attached hydrogen (secondary N) is 2. The smallest absolute Gasteiger partial charge is 0.225 e. The number of carbonyl (C=O) groups is 1. The van der Waals surface area contributed by atoms with Crippen molar-refractivity contribution < 1.29 is 9.18 Å². The highest BCUT2D eigenvalue weighted by atomic mass is 19.1. The Kier molecular flexibility index (Phi) is 4.50. The predicted octanol–water partition coefficient (Wildman–Crippen LogP) is 0.764. The molecule has 0 spiro atoms. The molecule has 1 aromatic rings. The van der Waals surface area contributed by atoms with Gasteiger partial charge >= 0.3 is 0 Å². The number of hydrogen-bond donors (Lipinski definition) is 2. The number of carbonyl (C=O) groups excluding carboxylic acids is 1. The fourth-order valence-electron chi connectivity index (χ4n) is 2.10. The molecule has 0 aromatic heterocycles. The molecular weight excluding hydrogens is 245 g/mol. The number of likely N-dealkylation sites (N-methyl/N-ethyl adjacent to an activating group) is 1. The fourth-order valence-corrected chi connectivity index (χ4v) is 2.10. The highest BCUT2D eigenvalue weighted by molar-refractivity contribution is 5.80. The lowest BCUT2D eigenvalue weighted by molar-refractivity contribution is -0.126. The SMILES string of the molecule is CN(C)[C@H](CNC(=O)C1CNC1)c1ccc(F)cc1. The number of benzene rings is 1. The van der Waals surface area contributed by atoms with Gasteiger partial charge in [0.1, 0.15) is 5.82 Å². The van der Waals surface area contributed by atoms with Crippen molar-refractivity contribution >= 4 is 5.91 Å². The van der Waals surface area contributed by atoms with Crippen LogP contribution in [0.3, 0.4) is 0 Å². The normalized spacial score (nSPS) is 17.1. The monoisotopic (exact) mass is 265 g/mol. The van der Waals surface area contributed by atoms with E-state index in [-0.39, 0.29) is 23.7 Å². The van der Waals surface area contributed by atoms with Crippen molar-refractivity contribution in [2.45, 2.75) is 6.04 Å².